The van der Waals surface area contributed by atoms with Crippen molar-refractivity contribution in [2.24, 2.45) is 5.73 Å². The lowest BCUT2D eigenvalue weighted by Crippen LogP contribution is -2.54. The summed E-state index contributed by atoms with van der Waals surface area (Å²) in [6, 6.07) is 6.91. The molecule has 6 nitrogen and oxygen atoms in total. The smallest absolute Gasteiger partial charge is 0.239 e. The van der Waals surface area contributed by atoms with Crippen LogP contribution in [0, 0.1) is 3.57 Å². The number of rotatable bonds is 4. The van der Waals surface area contributed by atoms with Gasteiger partial charge < -0.3 is 15.5 Å². The molecule has 27 heavy (non-hydrogen) atoms. The monoisotopic (exact) mass is 543 g/mol. The Bertz CT molecular complexity index is 742. The predicted molar refractivity (Wildman–Crippen MR) is 121 cm³/mol. The van der Waals surface area contributed by atoms with Crippen molar-refractivity contribution >= 4 is 70.7 Å². The third kappa shape index (κ3) is 6.32. The van der Waals surface area contributed by atoms with Crippen molar-refractivity contribution in [3.05, 3.63) is 50.9 Å². The van der Waals surface area contributed by atoms with Crippen LogP contribution in [0.4, 0.5) is 5.82 Å². The van der Waals surface area contributed by atoms with Gasteiger partial charge in [0.25, 0.3) is 0 Å². The van der Waals surface area contributed by atoms with Gasteiger partial charge in [-0.15, -0.1) is 24.8 Å². The van der Waals surface area contributed by atoms with Crippen LogP contribution >= 0.6 is 59.0 Å². The lowest BCUT2D eigenvalue weighted by Gasteiger charge is -2.36. The Balaban J connectivity index is 0.00000182. The Morgan fingerprint density at radius 3 is 2.41 bits per heavy atom. The summed E-state index contributed by atoms with van der Waals surface area (Å²) in [4.78, 5) is 25.0. The number of carbonyl (C=O) groups excluding carboxylic acids is 1. The van der Waals surface area contributed by atoms with Gasteiger partial charge in [-0.1, -0.05) is 23.7 Å². The summed E-state index contributed by atoms with van der Waals surface area (Å²) in [6.07, 6.45) is 3.86. The van der Waals surface area contributed by atoms with Crippen LogP contribution in [-0.2, 0) is 11.2 Å². The Labute approximate surface area is 189 Å². The van der Waals surface area contributed by atoms with E-state index in [-0.39, 0.29) is 30.7 Å². The zero-order chi connectivity index (χ0) is 17.8. The molecule has 0 bridgehead atoms. The molecule has 2 aromatic rings. The topological polar surface area (TPSA) is 75.4 Å². The van der Waals surface area contributed by atoms with E-state index in [1.807, 2.05) is 29.2 Å². The molecule has 0 unspecified atom stereocenters. The van der Waals surface area contributed by atoms with E-state index >= 15 is 0 Å². The van der Waals surface area contributed by atoms with Crippen LogP contribution in [0.3, 0.4) is 0 Å². The molecule has 1 aromatic carbocycles. The number of piperazine rings is 1. The molecule has 10 heteroatoms. The average molecular weight is 545 g/mol. The zero-order valence-electron chi connectivity index (χ0n) is 14.4. The standard InChI is InChI=1S/C17H19ClIN5O.2ClH/c18-13-3-1-12(2-4-13)9-15(20)17(25)24-7-5-23(6-8-24)16-14(19)10-21-11-22-16;;/h1-4,10-11,15H,5-9,20H2;2*1H/t15-;;/m1../s1. The molecule has 1 fully saturated rings. The number of amides is 1. The molecule has 148 valence electrons. The summed E-state index contributed by atoms with van der Waals surface area (Å²) in [6.45, 7) is 2.78. The number of aromatic nitrogens is 2. The van der Waals surface area contributed by atoms with Crippen molar-refractivity contribution in [1.29, 1.82) is 0 Å². The summed E-state index contributed by atoms with van der Waals surface area (Å²) < 4.78 is 1.01. The lowest BCUT2D eigenvalue weighted by molar-refractivity contribution is -0.132. The maximum atomic E-state index is 12.6. The van der Waals surface area contributed by atoms with E-state index in [0.29, 0.717) is 24.5 Å². The van der Waals surface area contributed by atoms with Crippen molar-refractivity contribution < 1.29 is 4.79 Å². The number of hydrogen-bond acceptors (Lipinski definition) is 5. The fourth-order valence-corrected chi connectivity index (χ4v) is 3.64. The summed E-state index contributed by atoms with van der Waals surface area (Å²) in [5.74, 6) is 0.917. The minimum atomic E-state index is -0.535. The van der Waals surface area contributed by atoms with Crippen molar-refractivity contribution in [1.82, 2.24) is 14.9 Å². The number of anilines is 1. The molecule has 0 saturated carbocycles. The van der Waals surface area contributed by atoms with E-state index in [4.69, 9.17) is 17.3 Å². The van der Waals surface area contributed by atoms with Gasteiger partial charge in [0.05, 0.1) is 9.61 Å². The molecule has 0 aliphatic carbocycles. The third-order valence-electron chi connectivity index (χ3n) is 4.23. The second-order valence-corrected chi connectivity index (χ2v) is 7.54. The number of hydrogen-bond donors (Lipinski definition) is 1. The van der Waals surface area contributed by atoms with Crippen molar-refractivity contribution in [2.75, 3.05) is 31.1 Å². The quantitative estimate of drug-likeness (QED) is 0.600. The van der Waals surface area contributed by atoms with E-state index in [2.05, 4.69) is 37.5 Å². The molecule has 3 rings (SSSR count). The first-order valence-electron chi connectivity index (χ1n) is 8.04. The molecule has 1 aliphatic rings. The SMILES string of the molecule is Cl.Cl.N[C@H](Cc1ccc(Cl)cc1)C(=O)N1CCN(c2ncncc2I)CC1. The van der Waals surface area contributed by atoms with E-state index in [1.165, 1.54) is 0 Å². The maximum Gasteiger partial charge on any atom is 0.239 e. The molecule has 2 heterocycles. The number of nitrogens with zero attached hydrogens (tertiary/aromatic N) is 4. The highest BCUT2D eigenvalue weighted by atomic mass is 127. The van der Waals surface area contributed by atoms with E-state index < -0.39 is 6.04 Å². The number of nitrogens with two attached hydrogens (primary N) is 1. The normalized spacial score (nSPS) is 14.8. The first-order valence-corrected chi connectivity index (χ1v) is 9.49. The van der Waals surface area contributed by atoms with Gasteiger partial charge in [-0.2, -0.15) is 0 Å². The summed E-state index contributed by atoms with van der Waals surface area (Å²) in [7, 11) is 0. The van der Waals surface area contributed by atoms with Gasteiger partial charge in [-0.25, -0.2) is 9.97 Å². The molecule has 1 saturated heterocycles. The molecule has 0 radical (unpaired) electrons. The van der Waals surface area contributed by atoms with Crippen LogP contribution < -0.4 is 10.6 Å². The van der Waals surface area contributed by atoms with E-state index in [9.17, 15) is 4.79 Å². The zero-order valence-corrected chi connectivity index (χ0v) is 19.0. The molecular weight excluding hydrogens is 523 g/mol. The van der Waals surface area contributed by atoms with Gasteiger partial charge in [0.15, 0.2) is 0 Å². The van der Waals surface area contributed by atoms with Gasteiger partial charge in [0, 0.05) is 37.4 Å². The van der Waals surface area contributed by atoms with Crippen LogP contribution in [0.15, 0.2) is 36.8 Å². The van der Waals surface area contributed by atoms with Crippen LogP contribution in [0.2, 0.25) is 5.02 Å². The van der Waals surface area contributed by atoms with Gasteiger partial charge in [0.2, 0.25) is 5.91 Å². The first-order chi connectivity index (χ1) is 12.0. The Morgan fingerprint density at radius 1 is 1.19 bits per heavy atom. The summed E-state index contributed by atoms with van der Waals surface area (Å²) in [5, 5.41) is 0.680. The first kappa shape index (κ1) is 24.2. The molecule has 0 spiro atoms. The third-order valence-corrected chi connectivity index (χ3v) is 5.24. The molecule has 1 atom stereocenters. The second-order valence-electron chi connectivity index (χ2n) is 5.94. The minimum Gasteiger partial charge on any atom is -0.352 e. The second kappa shape index (κ2) is 11.2. The van der Waals surface area contributed by atoms with Gasteiger partial charge in [-0.3, -0.25) is 4.79 Å². The maximum absolute atomic E-state index is 12.6. The number of benzene rings is 1. The van der Waals surface area contributed by atoms with Crippen LogP contribution in [0.1, 0.15) is 5.56 Å². The van der Waals surface area contributed by atoms with Crippen LogP contribution in [0.25, 0.3) is 0 Å². The van der Waals surface area contributed by atoms with Gasteiger partial charge >= 0.3 is 0 Å². The highest BCUT2D eigenvalue weighted by molar-refractivity contribution is 14.1. The largest absolute Gasteiger partial charge is 0.352 e. The Hall–Kier alpha value is -0.870. The molecule has 1 amide bonds. The summed E-state index contributed by atoms with van der Waals surface area (Å²) in [5.41, 5.74) is 7.14. The highest BCUT2D eigenvalue weighted by Crippen LogP contribution is 2.20. The molecule has 2 N–H and O–H groups in total. The lowest BCUT2D eigenvalue weighted by atomic mass is 10.1. The molecule has 1 aliphatic heterocycles. The number of halogens is 4. The Kier molecular flexibility index (Phi) is 10.0. The summed E-state index contributed by atoms with van der Waals surface area (Å²) >= 11 is 8.12. The predicted octanol–water partition coefficient (Wildman–Crippen LogP) is 2.80. The van der Waals surface area contributed by atoms with Gasteiger partial charge in [-0.05, 0) is 46.7 Å². The van der Waals surface area contributed by atoms with Crippen molar-refractivity contribution in [2.45, 2.75) is 12.5 Å². The van der Waals surface area contributed by atoms with Crippen LogP contribution in [-0.4, -0.2) is 53.0 Å². The van der Waals surface area contributed by atoms with Crippen LogP contribution in [0.5, 0.6) is 0 Å². The van der Waals surface area contributed by atoms with Gasteiger partial charge in [0.1, 0.15) is 12.1 Å². The fourth-order valence-electron chi connectivity index (χ4n) is 2.87. The molecule has 1 aromatic heterocycles. The van der Waals surface area contributed by atoms with E-state index in [1.54, 1.807) is 12.5 Å². The van der Waals surface area contributed by atoms with E-state index in [0.717, 1.165) is 28.0 Å². The highest BCUT2D eigenvalue weighted by Gasteiger charge is 2.26. The fraction of sp³-hybridized carbons (Fsp3) is 0.353. The van der Waals surface area contributed by atoms with Crippen molar-refractivity contribution in [3.63, 3.8) is 0 Å². The Morgan fingerprint density at radius 2 is 1.81 bits per heavy atom. The molecular formula is C17H21Cl3IN5O. The average Bonchev–Trinajstić information content (AvgIpc) is 2.63. The number of carbonyl (C=O) groups is 1. The minimum absolute atomic E-state index is 0. The van der Waals surface area contributed by atoms with Crippen molar-refractivity contribution in [3.8, 4) is 0 Å².